The van der Waals surface area contributed by atoms with Crippen molar-refractivity contribution in [1.29, 1.82) is 0 Å². The summed E-state index contributed by atoms with van der Waals surface area (Å²) in [6.45, 7) is 7.93. The third-order valence-electron chi connectivity index (χ3n) is 5.06. The van der Waals surface area contributed by atoms with Gasteiger partial charge in [0.25, 0.3) is 5.91 Å². The lowest BCUT2D eigenvalue weighted by Crippen LogP contribution is -2.28. The van der Waals surface area contributed by atoms with E-state index < -0.39 is 11.3 Å². The molecule has 150 valence electrons. The monoisotopic (exact) mass is 472 g/mol. The van der Waals surface area contributed by atoms with Crippen molar-refractivity contribution >= 4 is 39.1 Å². The van der Waals surface area contributed by atoms with Crippen LogP contribution < -0.4 is 10.7 Å². The van der Waals surface area contributed by atoms with Crippen molar-refractivity contribution in [2.75, 3.05) is 5.32 Å². The number of hydrogen-bond donors (Lipinski definition) is 1. The number of halogens is 2. The molecule has 0 bridgehead atoms. The Balaban J connectivity index is 2.07. The number of hydrogen-bond acceptors (Lipinski definition) is 2. The Hall–Kier alpha value is -2.37. The molecule has 0 radical (unpaired) electrons. The van der Waals surface area contributed by atoms with Gasteiger partial charge in [-0.3, -0.25) is 9.59 Å². The number of carbonyl (C=O) groups excluding carboxylic acids is 1. The summed E-state index contributed by atoms with van der Waals surface area (Å²) < 4.78 is 2.85. The first kappa shape index (κ1) is 21.3. The van der Waals surface area contributed by atoms with E-state index in [1.54, 1.807) is 13.8 Å². The van der Waals surface area contributed by atoms with Crippen LogP contribution in [0.2, 0.25) is 5.02 Å². The predicted octanol–water partition coefficient (Wildman–Crippen LogP) is 5.80. The molecular weight excluding hydrogens is 452 g/mol. The standard InChI is InChI=1S/C23H22BrClN2O2/c1-13-10-18(24)11-14(2)21(13)26-23(29)19-15(3)27(16(4)20(25)22(19)28)12-17-8-6-5-7-9-17/h5-11H,12H2,1-4H3,(H,26,29). The van der Waals surface area contributed by atoms with Gasteiger partial charge in [0.1, 0.15) is 10.6 Å². The van der Waals surface area contributed by atoms with E-state index in [2.05, 4.69) is 21.2 Å². The van der Waals surface area contributed by atoms with Crippen LogP contribution in [0.4, 0.5) is 5.69 Å². The first-order chi connectivity index (χ1) is 13.7. The maximum atomic E-state index is 13.1. The van der Waals surface area contributed by atoms with Crippen molar-refractivity contribution in [2.45, 2.75) is 34.2 Å². The number of benzene rings is 2. The van der Waals surface area contributed by atoms with Gasteiger partial charge in [-0.05, 0) is 56.5 Å². The van der Waals surface area contributed by atoms with Crippen LogP contribution in [0.3, 0.4) is 0 Å². The Morgan fingerprint density at radius 2 is 1.62 bits per heavy atom. The Kier molecular flexibility index (Phi) is 6.30. The van der Waals surface area contributed by atoms with Gasteiger partial charge in [-0.15, -0.1) is 0 Å². The molecule has 0 atom stereocenters. The fourth-order valence-electron chi connectivity index (χ4n) is 3.50. The average molecular weight is 474 g/mol. The van der Waals surface area contributed by atoms with Crippen LogP contribution in [-0.2, 0) is 6.54 Å². The summed E-state index contributed by atoms with van der Waals surface area (Å²) in [4.78, 5) is 26.0. The van der Waals surface area contributed by atoms with Gasteiger partial charge >= 0.3 is 0 Å². The molecule has 3 aromatic rings. The summed E-state index contributed by atoms with van der Waals surface area (Å²) in [5.41, 5.74) is 4.43. The second-order valence-electron chi connectivity index (χ2n) is 7.13. The largest absolute Gasteiger partial charge is 0.342 e. The van der Waals surface area contributed by atoms with Crippen LogP contribution >= 0.6 is 27.5 Å². The molecule has 29 heavy (non-hydrogen) atoms. The summed E-state index contributed by atoms with van der Waals surface area (Å²) in [7, 11) is 0. The minimum Gasteiger partial charge on any atom is -0.342 e. The SMILES string of the molecule is Cc1cc(Br)cc(C)c1NC(=O)c1c(C)n(Cc2ccccc2)c(C)c(Cl)c1=O. The smallest absolute Gasteiger partial charge is 0.261 e. The van der Waals surface area contributed by atoms with Gasteiger partial charge < -0.3 is 9.88 Å². The number of nitrogens with zero attached hydrogens (tertiary/aromatic N) is 1. The molecule has 4 nitrogen and oxygen atoms in total. The maximum absolute atomic E-state index is 13.1. The van der Waals surface area contributed by atoms with Crippen molar-refractivity contribution in [2.24, 2.45) is 0 Å². The molecule has 0 aliphatic carbocycles. The fourth-order valence-corrected chi connectivity index (χ4v) is 4.38. The first-order valence-corrected chi connectivity index (χ1v) is 10.4. The van der Waals surface area contributed by atoms with E-state index in [1.165, 1.54) is 0 Å². The highest BCUT2D eigenvalue weighted by atomic mass is 79.9. The van der Waals surface area contributed by atoms with E-state index in [0.717, 1.165) is 21.2 Å². The number of rotatable bonds is 4. The number of nitrogens with one attached hydrogen (secondary N) is 1. The zero-order chi connectivity index (χ0) is 21.3. The molecule has 0 saturated carbocycles. The minimum atomic E-state index is -0.454. The molecule has 0 aliphatic heterocycles. The second kappa shape index (κ2) is 8.56. The lowest BCUT2D eigenvalue weighted by Gasteiger charge is -2.20. The molecule has 1 aromatic heterocycles. The van der Waals surface area contributed by atoms with Gasteiger partial charge in [0.2, 0.25) is 5.43 Å². The van der Waals surface area contributed by atoms with Crippen LogP contribution in [-0.4, -0.2) is 10.5 Å². The quantitative estimate of drug-likeness (QED) is 0.521. The predicted molar refractivity (Wildman–Crippen MR) is 122 cm³/mol. The number of amides is 1. The Bertz CT molecular complexity index is 1130. The third kappa shape index (κ3) is 4.31. The topological polar surface area (TPSA) is 51.1 Å². The number of anilines is 1. The molecule has 0 fully saturated rings. The van der Waals surface area contributed by atoms with Gasteiger partial charge in [0.15, 0.2) is 0 Å². The van der Waals surface area contributed by atoms with Crippen molar-refractivity contribution in [3.05, 3.63) is 95.8 Å². The lowest BCUT2D eigenvalue weighted by molar-refractivity contribution is 0.102. The number of pyridine rings is 1. The van der Waals surface area contributed by atoms with E-state index in [1.807, 2.05) is 60.9 Å². The summed E-state index contributed by atoms with van der Waals surface area (Å²) in [5, 5.41) is 2.98. The number of aromatic nitrogens is 1. The molecule has 0 unspecified atom stereocenters. The molecule has 0 saturated heterocycles. The number of carbonyl (C=O) groups is 1. The first-order valence-electron chi connectivity index (χ1n) is 9.22. The molecule has 2 aromatic carbocycles. The van der Waals surface area contributed by atoms with Crippen molar-refractivity contribution in [3.8, 4) is 0 Å². The van der Waals surface area contributed by atoms with Crippen molar-refractivity contribution in [3.63, 3.8) is 0 Å². The summed E-state index contributed by atoms with van der Waals surface area (Å²) in [6, 6.07) is 13.7. The lowest BCUT2D eigenvalue weighted by atomic mass is 10.1. The van der Waals surface area contributed by atoms with Gasteiger partial charge in [-0.2, -0.15) is 0 Å². The zero-order valence-electron chi connectivity index (χ0n) is 16.8. The van der Waals surface area contributed by atoms with Crippen molar-refractivity contribution in [1.82, 2.24) is 4.57 Å². The van der Waals surface area contributed by atoms with Crippen molar-refractivity contribution < 1.29 is 4.79 Å². The third-order valence-corrected chi connectivity index (χ3v) is 5.97. The van der Waals surface area contributed by atoms with Gasteiger partial charge in [0.05, 0.1) is 0 Å². The average Bonchev–Trinajstić information content (AvgIpc) is 2.67. The van der Waals surface area contributed by atoms with Gasteiger partial charge in [-0.25, -0.2) is 0 Å². The maximum Gasteiger partial charge on any atom is 0.261 e. The minimum absolute atomic E-state index is 0.0678. The number of aryl methyl sites for hydroxylation is 2. The molecule has 1 N–H and O–H groups in total. The van der Waals surface area contributed by atoms with Gasteiger partial charge in [0, 0.05) is 28.1 Å². The van der Waals surface area contributed by atoms with E-state index in [0.29, 0.717) is 23.6 Å². The van der Waals surface area contributed by atoms with Crippen LogP contribution in [0.1, 0.15) is 38.4 Å². The summed E-state index contributed by atoms with van der Waals surface area (Å²) >= 11 is 9.79. The normalized spacial score (nSPS) is 10.8. The second-order valence-corrected chi connectivity index (χ2v) is 8.42. The van der Waals surface area contributed by atoms with E-state index >= 15 is 0 Å². The highest BCUT2D eigenvalue weighted by Gasteiger charge is 2.22. The molecule has 1 heterocycles. The van der Waals surface area contributed by atoms with Crippen LogP contribution in [0.5, 0.6) is 0 Å². The highest BCUT2D eigenvalue weighted by Crippen LogP contribution is 2.26. The molecule has 3 rings (SSSR count). The van der Waals surface area contributed by atoms with Gasteiger partial charge in [-0.1, -0.05) is 57.9 Å². The molecule has 0 spiro atoms. The Labute approximate surface area is 183 Å². The van der Waals surface area contributed by atoms with Crippen LogP contribution in [0.15, 0.2) is 51.7 Å². The fraction of sp³-hybridized carbons (Fsp3) is 0.217. The molecule has 0 aliphatic rings. The van der Waals surface area contributed by atoms with Crippen LogP contribution in [0, 0.1) is 27.7 Å². The summed E-state index contributed by atoms with van der Waals surface area (Å²) in [5.74, 6) is -0.454. The Morgan fingerprint density at radius 1 is 1.03 bits per heavy atom. The zero-order valence-corrected chi connectivity index (χ0v) is 19.1. The molecular formula is C23H22BrClN2O2. The Morgan fingerprint density at radius 3 is 2.21 bits per heavy atom. The van der Waals surface area contributed by atoms with E-state index in [-0.39, 0.29) is 10.6 Å². The highest BCUT2D eigenvalue weighted by molar-refractivity contribution is 9.10. The summed E-state index contributed by atoms with van der Waals surface area (Å²) in [6.07, 6.45) is 0. The van der Waals surface area contributed by atoms with E-state index in [4.69, 9.17) is 11.6 Å². The molecule has 1 amide bonds. The molecule has 6 heteroatoms. The van der Waals surface area contributed by atoms with E-state index in [9.17, 15) is 9.59 Å². The van der Waals surface area contributed by atoms with Crippen LogP contribution in [0.25, 0.3) is 0 Å².